The summed E-state index contributed by atoms with van der Waals surface area (Å²) in [6.07, 6.45) is 0. The van der Waals surface area contributed by atoms with Crippen LogP contribution in [-0.4, -0.2) is 5.91 Å². The average molecular weight is 368 g/mol. The van der Waals surface area contributed by atoms with Crippen molar-refractivity contribution in [3.8, 4) is 6.07 Å². The molecule has 0 aliphatic carbocycles. The first-order valence-electron chi connectivity index (χ1n) is 5.89. The van der Waals surface area contributed by atoms with Gasteiger partial charge in [-0.1, -0.05) is 11.6 Å². The Bertz CT molecular complexity index is 771. The maximum absolute atomic E-state index is 13.7. The maximum atomic E-state index is 13.7. The zero-order chi connectivity index (χ0) is 15.6. The molecule has 0 aliphatic heterocycles. The monoisotopic (exact) mass is 366 g/mol. The van der Waals surface area contributed by atoms with E-state index < -0.39 is 11.7 Å². The molecule has 1 N–H and O–H groups in total. The molecule has 106 valence electrons. The molecule has 0 fully saturated rings. The Balaban J connectivity index is 2.33. The summed E-state index contributed by atoms with van der Waals surface area (Å²) in [5.74, 6) is -0.972. The standard InChI is InChI=1S/C15H9BrClFN2O/c1-8-13(18)4-9(7-19)5-14(8)20-15(21)10-2-3-11(16)12(17)6-10/h2-6H,1H3,(H,20,21). The minimum absolute atomic E-state index is 0.141. The maximum Gasteiger partial charge on any atom is 0.255 e. The molecule has 0 heterocycles. The summed E-state index contributed by atoms with van der Waals surface area (Å²) in [6, 6.07) is 9.14. The van der Waals surface area contributed by atoms with Gasteiger partial charge in [0.2, 0.25) is 0 Å². The van der Waals surface area contributed by atoms with Crippen molar-refractivity contribution in [1.29, 1.82) is 5.26 Å². The lowest BCUT2D eigenvalue weighted by molar-refractivity contribution is 0.102. The van der Waals surface area contributed by atoms with Crippen LogP contribution in [-0.2, 0) is 0 Å². The summed E-state index contributed by atoms with van der Waals surface area (Å²) in [5.41, 5.74) is 1.01. The van der Waals surface area contributed by atoms with Crippen LogP contribution in [0.3, 0.4) is 0 Å². The van der Waals surface area contributed by atoms with Gasteiger partial charge >= 0.3 is 0 Å². The molecule has 0 radical (unpaired) electrons. The number of nitriles is 1. The van der Waals surface area contributed by atoms with E-state index in [4.69, 9.17) is 16.9 Å². The average Bonchev–Trinajstić information content (AvgIpc) is 2.46. The van der Waals surface area contributed by atoms with Gasteiger partial charge < -0.3 is 5.32 Å². The van der Waals surface area contributed by atoms with Gasteiger partial charge in [-0.2, -0.15) is 5.26 Å². The molecule has 0 bridgehead atoms. The number of nitrogens with zero attached hydrogens (tertiary/aromatic N) is 1. The van der Waals surface area contributed by atoms with E-state index in [9.17, 15) is 9.18 Å². The number of halogens is 3. The van der Waals surface area contributed by atoms with E-state index >= 15 is 0 Å². The fourth-order valence-electron chi connectivity index (χ4n) is 1.71. The number of amides is 1. The molecule has 3 nitrogen and oxygen atoms in total. The lowest BCUT2D eigenvalue weighted by atomic mass is 10.1. The molecule has 0 saturated carbocycles. The zero-order valence-electron chi connectivity index (χ0n) is 10.9. The first-order valence-corrected chi connectivity index (χ1v) is 7.06. The van der Waals surface area contributed by atoms with E-state index in [2.05, 4.69) is 21.2 Å². The third-order valence-corrected chi connectivity index (χ3v) is 4.14. The van der Waals surface area contributed by atoms with Crippen molar-refractivity contribution >= 4 is 39.1 Å². The van der Waals surface area contributed by atoms with E-state index in [1.54, 1.807) is 12.1 Å². The normalized spacial score (nSPS) is 10.0. The molecule has 2 rings (SSSR count). The summed E-state index contributed by atoms with van der Waals surface area (Å²) in [6.45, 7) is 1.53. The van der Waals surface area contributed by atoms with Gasteiger partial charge in [0, 0.05) is 21.3 Å². The molecule has 2 aromatic rings. The third kappa shape index (κ3) is 3.41. The molecule has 0 atom stereocenters. The summed E-state index contributed by atoms with van der Waals surface area (Å²) < 4.78 is 14.3. The fourth-order valence-corrected chi connectivity index (χ4v) is 2.13. The molecule has 0 aliphatic rings. The molecule has 0 unspecified atom stereocenters. The highest BCUT2D eigenvalue weighted by Gasteiger charge is 2.12. The SMILES string of the molecule is Cc1c(F)cc(C#N)cc1NC(=O)c1ccc(Br)c(Cl)c1. The van der Waals surface area contributed by atoms with Crippen LogP contribution in [0.1, 0.15) is 21.5 Å². The molecule has 2 aromatic carbocycles. The number of hydrogen-bond acceptors (Lipinski definition) is 2. The second-order valence-electron chi connectivity index (χ2n) is 4.33. The fraction of sp³-hybridized carbons (Fsp3) is 0.0667. The van der Waals surface area contributed by atoms with Crippen molar-refractivity contribution in [1.82, 2.24) is 0 Å². The van der Waals surface area contributed by atoms with Gasteiger partial charge in [-0.25, -0.2) is 4.39 Å². The number of rotatable bonds is 2. The summed E-state index contributed by atoms with van der Waals surface area (Å²) in [4.78, 5) is 12.2. The Hall–Kier alpha value is -1.90. The van der Waals surface area contributed by atoms with Gasteiger partial charge in [-0.15, -0.1) is 0 Å². The van der Waals surface area contributed by atoms with Crippen LogP contribution in [0.15, 0.2) is 34.8 Å². The van der Waals surface area contributed by atoms with Crippen molar-refractivity contribution < 1.29 is 9.18 Å². The predicted octanol–water partition coefficient (Wildman–Crippen LogP) is 4.67. The molecule has 0 spiro atoms. The van der Waals surface area contributed by atoms with Crippen LogP contribution in [0.2, 0.25) is 5.02 Å². The van der Waals surface area contributed by atoms with Gasteiger partial charge in [0.25, 0.3) is 5.91 Å². The minimum Gasteiger partial charge on any atom is -0.322 e. The molecule has 21 heavy (non-hydrogen) atoms. The quantitative estimate of drug-likeness (QED) is 0.838. The van der Waals surface area contributed by atoms with Crippen LogP contribution in [0.25, 0.3) is 0 Å². The molecule has 6 heteroatoms. The summed E-state index contributed by atoms with van der Waals surface area (Å²) in [7, 11) is 0. The predicted molar refractivity (Wildman–Crippen MR) is 83.0 cm³/mol. The lowest BCUT2D eigenvalue weighted by Gasteiger charge is -2.10. The van der Waals surface area contributed by atoms with Gasteiger partial charge in [-0.05, 0) is 53.2 Å². The van der Waals surface area contributed by atoms with Crippen molar-refractivity contribution in [2.45, 2.75) is 6.92 Å². The van der Waals surface area contributed by atoms with Gasteiger partial charge in [0.05, 0.1) is 16.7 Å². The Labute approximate surface area is 134 Å². The van der Waals surface area contributed by atoms with E-state index in [0.29, 0.717) is 15.1 Å². The van der Waals surface area contributed by atoms with Crippen molar-refractivity contribution in [2.75, 3.05) is 5.32 Å². The Morgan fingerprint density at radius 3 is 2.71 bits per heavy atom. The highest BCUT2D eigenvalue weighted by molar-refractivity contribution is 9.10. The van der Waals surface area contributed by atoms with Gasteiger partial charge in [-0.3, -0.25) is 4.79 Å². The van der Waals surface area contributed by atoms with Gasteiger partial charge in [0.15, 0.2) is 0 Å². The molecule has 0 saturated heterocycles. The minimum atomic E-state index is -0.543. The smallest absolute Gasteiger partial charge is 0.255 e. The van der Waals surface area contributed by atoms with Crippen molar-refractivity contribution in [3.63, 3.8) is 0 Å². The van der Waals surface area contributed by atoms with E-state index in [0.717, 1.165) is 6.07 Å². The molecule has 0 aromatic heterocycles. The Morgan fingerprint density at radius 2 is 2.10 bits per heavy atom. The highest BCUT2D eigenvalue weighted by Crippen LogP contribution is 2.25. The lowest BCUT2D eigenvalue weighted by Crippen LogP contribution is -2.13. The topological polar surface area (TPSA) is 52.9 Å². The third-order valence-electron chi connectivity index (χ3n) is 2.90. The Kier molecular flexibility index (Phi) is 4.61. The van der Waals surface area contributed by atoms with Gasteiger partial charge in [0.1, 0.15) is 5.82 Å². The number of anilines is 1. The largest absolute Gasteiger partial charge is 0.322 e. The molecular formula is C15H9BrClFN2O. The first-order chi connectivity index (χ1) is 9.92. The van der Waals surface area contributed by atoms with Crippen molar-refractivity contribution in [3.05, 3.63) is 62.3 Å². The zero-order valence-corrected chi connectivity index (χ0v) is 13.2. The van der Waals surface area contributed by atoms with Crippen LogP contribution in [0.4, 0.5) is 10.1 Å². The second-order valence-corrected chi connectivity index (χ2v) is 5.59. The number of carbonyl (C=O) groups is 1. The second kappa shape index (κ2) is 6.25. The molecular weight excluding hydrogens is 359 g/mol. The number of hydrogen-bond donors (Lipinski definition) is 1. The van der Waals surface area contributed by atoms with E-state index in [-0.39, 0.29) is 16.8 Å². The van der Waals surface area contributed by atoms with Crippen LogP contribution >= 0.6 is 27.5 Å². The van der Waals surface area contributed by atoms with E-state index in [1.165, 1.54) is 19.1 Å². The Morgan fingerprint density at radius 1 is 1.38 bits per heavy atom. The summed E-state index contributed by atoms with van der Waals surface area (Å²) in [5, 5.41) is 11.8. The molecule has 1 amide bonds. The van der Waals surface area contributed by atoms with Crippen LogP contribution in [0, 0.1) is 24.1 Å². The highest BCUT2D eigenvalue weighted by atomic mass is 79.9. The van der Waals surface area contributed by atoms with Crippen molar-refractivity contribution in [2.24, 2.45) is 0 Å². The van der Waals surface area contributed by atoms with Crippen LogP contribution in [0.5, 0.6) is 0 Å². The van der Waals surface area contributed by atoms with E-state index in [1.807, 2.05) is 6.07 Å². The number of nitrogens with one attached hydrogen (secondary N) is 1. The number of benzene rings is 2. The summed E-state index contributed by atoms with van der Waals surface area (Å²) >= 11 is 9.17. The first kappa shape index (κ1) is 15.5. The van der Waals surface area contributed by atoms with Crippen LogP contribution < -0.4 is 5.32 Å². The number of carbonyl (C=O) groups excluding carboxylic acids is 1.